The zero-order valence-electron chi connectivity index (χ0n) is 14.5. The van der Waals surface area contributed by atoms with Crippen molar-refractivity contribution in [3.05, 3.63) is 42.7 Å². The third-order valence-corrected chi connectivity index (χ3v) is 9.24. The fourth-order valence-electron chi connectivity index (χ4n) is 4.97. The van der Waals surface area contributed by atoms with Crippen LogP contribution in [0.1, 0.15) is 41.9 Å². The predicted octanol–water partition coefficient (Wildman–Crippen LogP) is 5.76. The smallest absolute Gasteiger partial charge is 0.133 e. The van der Waals surface area contributed by atoms with E-state index < -0.39 is 5.60 Å². The lowest BCUT2D eigenvalue weighted by molar-refractivity contribution is -0.931. The molecular weight excluding hydrogens is 393 g/mol. The van der Waals surface area contributed by atoms with Crippen LogP contribution in [0.2, 0.25) is 8.67 Å². The molecule has 4 heterocycles. The molecule has 0 aromatic carbocycles. The van der Waals surface area contributed by atoms with Crippen LogP contribution in [0.15, 0.2) is 24.3 Å². The molecule has 2 aromatic rings. The van der Waals surface area contributed by atoms with Crippen molar-refractivity contribution in [2.45, 2.75) is 49.8 Å². The maximum absolute atomic E-state index is 11.8. The van der Waals surface area contributed by atoms with Crippen LogP contribution in [0, 0.1) is 5.92 Å². The molecule has 6 heteroatoms. The Labute approximate surface area is 167 Å². The fourth-order valence-corrected chi connectivity index (χ4v) is 7.35. The molecule has 2 fully saturated rings. The van der Waals surface area contributed by atoms with Gasteiger partial charge in [-0.3, -0.25) is 0 Å². The first kappa shape index (κ1) is 18.3. The number of halogens is 2. The van der Waals surface area contributed by atoms with Crippen LogP contribution in [0.5, 0.6) is 0 Å². The van der Waals surface area contributed by atoms with Gasteiger partial charge in [0.25, 0.3) is 0 Å². The van der Waals surface area contributed by atoms with Crippen molar-refractivity contribution in [2.24, 2.45) is 5.92 Å². The number of fused-ring (bicyclic) bond motifs is 2. The molecule has 0 aliphatic carbocycles. The van der Waals surface area contributed by atoms with Gasteiger partial charge in [0.15, 0.2) is 0 Å². The van der Waals surface area contributed by atoms with Crippen molar-refractivity contribution in [1.29, 1.82) is 0 Å². The van der Waals surface area contributed by atoms with Crippen LogP contribution in [-0.2, 0) is 5.60 Å². The lowest BCUT2D eigenvalue weighted by atomic mass is 9.79. The van der Waals surface area contributed by atoms with Crippen molar-refractivity contribution in [3.8, 4) is 0 Å². The molecule has 2 bridgehead atoms. The first-order valence-corrected chi connectivity index (χ1v) is 11.3. The van der Waals surface area contributed by atoms with Crippen LogP contribution in [-0.4, -0.2) is 35.8 Å². The molecule has 1 N–H and O–H groups in total. The van der Waals surface area contributed by atoms with E-state index in [4.69, 9.17) is 23.2 Å². The average Bonchev–Trinajstić information content (AvgIpc) is 3.18. The highest BCUT2D eigenvalue weighted by Gasteiger charge is 2.50. The summed E-state index contributed by atoms with van der Waals surface area (Å²) in [6.45, 7) is 0. The maximum Gasteiger partial charge on any atom is 0.133 e. The lowest BCUT2D eigenvalue weighted by Crippen LogP contribution is -2.55. The normalized spacial score (nSPS) is 28.4. The third kappa shape index (κ3) is 3.19. The number of rotatable bonds is 4. The molecule has 2 saturated heterocycles. The van der Waals surface area contributed by atoms with Crippen LogP contribution in [0.25, 0.3) is 0 Å². The summed E-state index contributed by atoms with van der Waals surface area (Å²) in [5.74, 6) is 0.537. The molecule has 0 amide bonds. The summed E-state index contributed by atoms with van der Waals surface area (Å²) < 4.78 is 2.60. The second-order valence-electron chi connectivity index (χ2n) is 8.12. The van der Waals surface area contributed by atoms with E-state index in [2.05, 4.69) is 14.1 Å². The average molecular weight is 417 g/mol. The van der Waals surface area contributed by atoms with Gasteiger partial charge in [0.1, 0.15) is 5.60 Å². The van der Waals surface area contributed by atoms with Gasteiger partial charge in [-0.25, -0.2) is 0 Å². The van der Waals surface area contributed by atoms with Gasteiger partial charge in [-0.15, -0.1) is 22.7 Å². The van der Waals surface area contributed by atoms with Gasteiger partial charge < -0.3 is 9.59 Å². The minimum Gasteiger partial charge on any atom is -0.379 e. The highest BCUT2D eigenvalue weighted by Crippen LogP contribution is 2.49. The molecule has 2 nitrogen and oxygen atoms in total. The van der Waals surface area contributed by atoms with Gasteiger partial charge in [-0.1, -0.05) is 23.2 Å². The van der Waals surface area contributed by atoms with E-state index in [1.165, 1.54) is 48.4 Å². The summed E-state index contributed by atoms with van der Waals surface area (Å²) >= 11 is 15.3. The molecule has 1 unspecified atom stereocenters. The highest BCUT2D eigenvalue weighted by molar-refractivity contribution is 7.17. The summed E-state index contributed by atoms with van der Waals surface area (Å²) in [4.78, 5) is 1.87. The van der Waals surface area contributed by atoms with E-state index in [9.17, 15) is 5.11 Å². The Balaban J connectivity index is 1.64. The van der Waals surface area contributed by atoms with Gasteiger partial charge in [0.2, 0.25) is 0 Å². The van der Waals surface area contributed by atoms with Crippen LogP contribution in [0.4, 0.5) is 0 Å². The molecule has 136 valence electrons. The highest BCUT2D eigenvalue weighted by atomic mass is 35.5. The second kappa shape index (κ2) is 6.50. The molecule has 2 aromatic heterocycles. The number of piperidine rings is 1. The van der Waals surface area contributed by atoms with E-state index in [0.717, 1.165) is 41.4 Å². The van der Waals surface area contributed by atoms with Gasteiger partial charge in [-0.05, 0) is 36.6 Å². The number of quaternary nitrogens is 1. The molecule has 0 radical (unpaired) electrons. The molecule has 25 heavy (non-hydrogen) atoms. The first-order chi connectivity index (χ1) is 11.8. The number of hydrogen-bond donors (Lipinski definition) is 1. The Morgan fingerprint density at radius 3 is 1.88 bits per heavy atom. The third-order valence-electron chi connectivity index (χ3n) is 6.47. The minimum atomic E-state index is -0.978. The van der Waals surface area contributed by atoms with E-state index in [-0.39, 0.29) is 0 Å². The monoisotopic (exact) mass is 416 g/mol. The molecule has 4 rings (SSSR count). The molecule has 2 aliphatic heterocycles. The van der Waals surface area contributed by atoms with Gasteiger partial charge in [-0.2, -0.15) is 0 Å². The predicted molar refractivity (Wildman–Crippen MR) is 108 cm³/mol. The van der Waals surface area contributed by atoms with Crippen molar-refractivity contribution in [1.82, 2.24) is 0 Å². The van der Waals surface area contributed by atoms with Gasteiger partial charge >= 0.3 is 0 Å². The maximum atomic E-state index is 11.8. The Morgan fingerprint density at radius 1 is 1.00 bits per heavy atom. The van der Waals surface area contributed by atoms with E-state index in [1.54, 1.807) is 0 Å². The molecular formula is C19H24Cl2NOS2+. The standard InChI is InChI=1S/C19H24Cl2NOS2/c1-22(2)13-3-4-14(22)10-12(9-13)11-19(23,15-5-7-17(20)24-15)16-6-8-18(21)25-16/h5-8,12-14,23H,3-4,9-11H2,1-2H3/q+1/t12?,13-,14+. The van der Waals surface area contributed by atoms with Crippen molar-refractivity contribution < 1.29 is 9.59 Å². The minimum absolute atomic E-state index is 0.537. The second-order valence-corrected chi connectivity index (χ2v) is 11.6. The Kier molecular flexibility index (Phi) is 4.75. The van der Waals surface area contributed by atoms with Gasteiger partial charge in [0, 0.05) is 35.4 Å². The topological polar surface area (TPSA) is 20.2 Å². The van der Waals surface area contributed by atoms with E-state index >= 15 is 0 Å². The van der Waals surface area contributed by atoms with Crippen molar-refractivity contribution in [2.75, 3.05) is 14.1 Å². The molecule has 2 aliphatic rings. The number of thiophene rings is 2. The fraction of sp³-hybridized carbons (Fsp3) is 0.579. The quantitative estimate of drug-likeness (QED) is 0.627. The number of aliphatic hydroxyl groups is 1. The molecule has 0 saturated carbocycles. The summed E-state index contributed by atoms with van der Waals surface area (Å²) in [5.41, 5.74) is -0.978. The number of hydrogen-bond acceptors (Lipinski definition) is 3. The summed E-state index contributed by atoms with van der Waals surface area (Å²) in [5, 5.41) is 11.8. The lowest BCUT2D eigenvalue weighted by Gasteiger charge is -2.45. The summed E-state index contributed by atoms with van der Waals surface area (Å²) in [6.07, 6.45) is 5.80. The van der Waals surface area contributed by atoms with Crippen molar-refractivity contribution in [3.63, 3.8) is 0 Å². The Morgan fingerprint density at radius 2 is 1.48 bits per heavy atom. The van der Waals surface area contributed by atoms with Crippen LogP contribution >= 0.6 is 45.9 Å². The van der Waals surface area contributed by atoms with Gasteiger partial charge in [0.05, 0.1) is 34.9 Å². The largest absolute Gasteiger partial charge is 0.379 e. The van der Waals surface area contributed by atoms with E-state index in [1.807, 2.05) is 24.3 Å². The zero-order valence-corrected chi connectivity index (χ0v) is 17.7. The van der Waals surface area contributed by atoms with Crippen LogP contribution in [0.3, 0.4) is 0 Å². The molecule has 0 spiro atoms. The summed E-state index contributed by atoms with van der Waals surface area (Å²) in [6, 6.07) is 9.16. The Hall–Kier alpha value is -0.100. The first-order valence-electron chi connectivity index (χ1n) is 8.86. The summed E-state index contributed by atoms with van der Waals surface area (Å²) in [7, 11) is 4.76. The van der Waals surface area contributed by atoms with E-state index in [0.29, 0.717) is 5.92 Å². The van der Waals surface area contributed by atoms with Crippen LogP contribution < -0.4 is 0 Å². The molecule has 3 atom stereocenters. The number of nitrogens with zero attached hydrogens (tertiary/aromatic N) is 1. The SMILES string of the molecule is C[N+]1(C)[C@@H]2CC[C@H]1CC(CC(O)(c1ccc(Cl)s1)c1ccc(Cl)s1)C2. The van der Waals surface area contributed by atoms with Crippen molar-refractivity contribution >= 4 is 45.9 Å². The zero-order chi connectivity index (χ0) is 17.8. The Bertz CT molecular complexity index is 713.